The summed E-state index contributed by atoms with van der Waals surface area (Å²) in [4.78, 5) is 14.2. The number of rotatable bonds is 7. The Kier molecular flexibility index (Phi) is 7.60. The van der Waals surface area contributed by atoms with Crippen molar-refractivity contribution in [3.63, 3.8) is 0 Å². The molecule has 0 atom stereocenters. The first-order valence-electron chi connectivity index (χ1n) is 5.82. The zero-order valence-electron chi connectivity index (χ0n) is 11.0. The van der Waals surface area contributed by atoms with E-state index in [1.54, 1.807) is 25.2 Å². The predicted molar refractivity (Wildman–Crippen MR) is 81.5 cm³/mol. The zero-order valence-corrected chi connectivity index (χ0v) is 14.2. The molecule has 0 spiro atoms. The fourth-order valence-corrected chi connectivity index (χ4v) is 2.33. The minimum absolute atomic E-state index is 0.0396. The first-order valence-corrected chi connectivity index (χ1v) is 7.41. The monoisotopic (exact) mass is 393 g/mol. The number of hydrogen-bond donors (Lipinski definition) is 0. The number of hydrogen-bond acceptors (Lipinski definition) is 3. The van der Waals surface area contributed by atoms with Gasteiger partial charge in [-0.05, 0) is 34.1 Å². The van der Waals surface area contributed by atoms with Crippen LogP contribution >= 0.6 is 31.9 Å². The number of methoxy groups -OCH3 is 2. The van der Waals surface area contributed by atoms with E-state index in [2.05, 4.69) is 31.9 Å². The summed E-state index contributed by atoms with van der Waals surface area (Å²) in [6, 6.07) is 5.54. The van der Waals surface area contributed by atoms with Crippen molar-refractivity contribution in [3.8, 4) is 0 Å². The van der Waals surface area contributed by atoms with E-state index >= 15 is 0 Å². The summed E-state index contributed by atoms with van der Waals surface area (Å²) in [6.07, 6.45) is 0. The van der Waals surface area contributed by atoms with E-state index in [4.69, 9.17) is 9.47 Å². The van der Waals surface area contributed by atoms with Crippen molar-refractivity contribution < 1.29 is 14.3 Å². The van der Waals surface area contributed by atoms with Crippen LogP contribution in [0.25, 0.3) is 0 Å². The highest BCUT2D eigenvalue weighted by molar-refractivity contribution is 9.11. The molecule has 0 saturated carbocycles. The van der Waals surface area contributed by atoms with Crippen molar-refractivity contribution in [1.82, 2.24) is 4.90 Å². The van der Waals surface area contributed by atoms with Gasteiger partial charge in [-0.3, -0.25) is 4.79 Å². The third-order valence-electron chi connectivity index (χ3n) is 2.58. The topological polar surface area (TPSA) is 38.8 Å². The summed E-state index contributed by atoms with van der Waals surface area (Å²) in [5.41, 5.74) is 0.626. The van der Waals surface area contributed by atoms with Gasteiger partial charge in [0.15, 0.2) is 0 Å². The average molecular weight is 395 g/mol. The second-order valence-electron chi connectivity index (χ2n) is 3.90. The largest absolute Gasteiger partial charge is 0.383 e. The summed E-state index contributed by atoms with van der Waals surface area (Å²) in [5.74, 6) is -0.0396. The van der Waals surface area contributed by atoms with Crippen LogP contribution in [0.4, 0.5) is 0 Å². The summed E-state index contributed by atoms with van der Waals surface area (Å²) < 4.78 is 11.7. The Morgan fingerprint density at radius 2 is 1.74 bits per heavy atom. The number of benzene rings is 1. The lowest BCUT2D eigenvalue weighted by Crippen LogP contribution is -2.36. The molecule has 0 aliphatic heterocycles. The number of carbonyl (C=O) groups excluding carboxylic acids is 1. The molecule has 0 bridgehead atoms. The van der Waals surface area contributed by atoms with Gasteiger partial charge < -0.3 is 14.4 Å². The van der Waals surface area contributed by atoms with Crippen molar-refractivity contribution in [2.45, 2.75) is 0 Å². The zero-order chi connectivity index (χ0) is 14.3. The summed E-state index contributed by atoms with van der Waals surface area (Å²) in [5, 5.41) is 0. The normalized spacial score (nSPS) is 10.5. The van der Waals surface area contributed by atoms with Gasteiger partial charge in [-0.1, -0.05) is 15.9 Å². The molecule has 0 heterocycles. The SMILES string of the molecule is COCCN(CCOC)C(=O)c1cc(Br)ccc1Br. The van der Waals surface area contributed by atoms with Crippen LogP contribution in [0.1, 0.15) is 10.4 Å². The molecule has 0 N–H and O–H groups in total. The second-order valence-corrected chi connectivity index (χ2v) is 5.67. The molecule has 1 amide bonds. The van der Waals surface area contributed by atoms with Crippen LogP contribution in [-0.4, -0.2) is 51.3 Å². The fraction of sp³-hybridized carbons (Fsp3) is 0.462. The first kappa shape index (κ1) is 16.6. The maximum absolute atomic E-state index is 12.5. The van der Waals surface area contributed by atoms with E-state index in [0.717, 1.165) is 8.95 Å². The molecule has 1 rings (SSSR count). The van der Waals surface area contributed by atoms with Crippen molar-refractivity contribution in [2.75, 3.05) is 40.5 Å². The number of carbonyl (C=O) groups is 1. The molecule has 0 unspecified atom stereocenters. The molecule has 0 aliphatic carbocycles. The van der Waals surface area contributed by atoms with E-state index in [0.29, 0.717) is 31.9 Å². The quantitative estimate of drug-likeness (QED) is 0.713. The number of halogens is 2. The van der Waals surface area contributed by atoms with E-state index in [-0.39, 0.29) is 5.91 Å². The van der Waals surface area contributed by atoms with E-state index in [1.807, 2.05) is 12.1 Å². The Morgan fingerprint density at radius 1 is 1.16 bits per heavy atom. The van der Waals surface area contributed by atoms with Gasteiger partial charge >= 0.3 is 0 Å². The van der Waals surface area contributed by atoms with Gasteiger partial charge in [0.1, 0.15) is 0 Å². The third kappa shape index (κ3) is 5.22. The van der Waals surface area contributed by atoms with Crippen LogP contribution in [0.5, 0.6) is 0 Å². The molecule has 0 aromatic heterocycles. The van der Waals surface area contributed by atoms with Crippen molar-refractivity contribution >= 4 is 37.8 Å². The van der Waals surface area contributed by atoms with Crippen LogP contribution < -0.4 is 0 Å². The lowest BCUT2D eigenvalue weighted by molar-refractivity contribution is 0.0626. The Balaban J connectivity index is 2.87. The molecule has 6 heteroatoms. The smallest absolute Gasteiger partial charge is 0.255 e. The maximum Gasteiger partial charge on any atom is 0.255 e. The van der Waals surface area contributed by atoms with Crippen LogP contribution in [0, 0.1) is 0 Å². The minimum Gasteiger partial charge on any atom is -0.383 e. The Hall–Kier alpha value is -0.430. The number of nitrogens with zero attached hydrogens (tertiary/aromatic N) is 1. The second kappa shape index (κ2) is 8.68. The van der Waals surface area contributed by atoms with Gasteiger partial charge in [0.05, 0.1) is 18.8 Å². The molecule has 0 radical (unpaired) electrons. The fourth-order valence-electron chi connectivity index (χ4n) is 1.55. The van der Waals surface area contributed by atoms with Crippen LogP contribution in [0.3, 0.4) is 0 Å². The Bertz CT molecular complexity index is 418. The maximum atomic E-state index is 12.5. The van der Waals surface area contributed by atoms with E-state index < -0.39 is 0 Å². The lowest BCUT2D eigenvalue weighted by atomic mass is 10.2. The van der Waals surface area contributed by atoms with Crippen LogP contribution in [0.15, 0.2) is 27.1 Å². The average Bonchev–Trinajstić information content (AvgIpc) is 2.41. The molecular formula is C13H17Br2NO3. The standard InChI is InChI=1S/C13H17Br2NO3/c1-18-7-5-16(6-8-19-2)13(17)11-9-10(14)3-4-12(11)15/h3-4,9H,5-8H2,1-2H3. The molecule has 4 nitrogen and oxygen atoms in total. The molecule has 0 fully saturated rings. The van der Waals surface area contributed by atoms with E-state index in [9.17, 15) is 4.79 Å². The van der Waals surface area contributed by atoms with Gasteiger partial charge in [-0.2, -0.15) is 0 Å². The first-order chi connectivity index (χ1) is 9.10. The molecule has 1 aromatic rings. The van der Waals surface area contributed by atoms with Crippen LogP contribution in [-0.2, 0) is 9.47 Å². The molecule has 0 aliphatic rings. The van der Waals surface area contributed by atoms with Crippen LogP contribution in [0.2, 0.25) is 0 Å². The molecule has 19 heavy (non-hydrogen) atoms. The summed E-state index contributed by atoms with van der Waals surface area (Å²) in [6.45, 7) is 2.08. The number of ether oxygens (including phenoxy) is 2. The van der Waals surface area contributed by atoms with Crippen molar-refractivity contribution in [3.05, 3.63) is 32.7 Å². The summed E-state index contributed by atoms with van der Waals surface area (Å²) in [7, 11) is 3.24. The molecule has 0 saturated heterocycles. The van der Waals surface area contributed by atoms with Crippen molar-refractivity contribution in [1.29, 1.82) is 0 Å². The molecule has 1 aromatic carbocycles. The third-order valence-corrected chi connectivity index (χ3v) is 3.76. The lowest BCUT2D eigenvalue weighted by Gasteiger charge is -2.22. The highest BCUT2D eigenvalue weighted by Crippen LogP contribution is 2.22. The molecular weight excluding hydrogens is 378 g/mol. The summed E-state index contributed by atoms with van der Waals surface area (Å²) >= 11 is 6.78. The number of amides is 1. The highest BCUT2D eigenvalue weighted by Gasteiger charge is 2.18. The van der Waals surface area contributed by atoms with Crippen molar-refractivity contribution in [2.24, 2.45) is 0 Å². The van der Waals surface area contributed by atoms with Gasteiger partial charge in [-0.25, -0.2) is 0 Å². The van der Waals surface area contributed by atoms with E-state index in [1.165, 1.54) is 0 Å². The van der Waals surface area contributed by atoms with Gasteiger partial charge in [0.2, 0.25) is 0 Å². The highest BCUT2D eigenvalue weighted by atomic mass is 79.9. The predicted octanol–water partition coefficient (Wildman–Crippen LogP) is 2.95. The van der Waals surface area contributed by atoms with Gasteiger partial charge in [0, 0.05) is 36.3 Å². The Labute approximate surface area is 130 Å². The van der Waals surface area contributed by atoms with Gasteiger partial charge in [-0.15, -0.1) is 0 Å². The van der Waals surface area contributed by atoms with Gasteiger partial charge in [0.25, 0.3) is 5.91 Å². The molecule has 106 valence electrons. The Morgan fingerprint density at radius 3 is 2.26 bits per heavy atom. The minimum atomic E-state index is -0.0396.